The molecule has 4 N–H and O–H groups in total. The number of aliphatic hydroxyl groups excluding tert-OH is 1. The molecule has 121 heavy (non-hydrogen) atoms. The molecule has 2 aliphatic heterocycles. The molecular weight excluding hydrogens is 1630 g/mol. The zero-order valence-electron chi connectivity index (χ0n) is 70.7. The minimum atomic E-state index is -3.59. The summed E-state index contributed by atoms with van der Waals surface area (Å²) >= 11 is 1.47. The van der Waals surface area contributed by atoms with Crippen LogP contribution >= 0.6 is 19.3 Å². The van der Waals surface area contributed by atoms with Crippen LogP contribution in [0.1, 0.15) is 76.5 Å². The van der Waals surface area contributed by atoms with E-state index in [4.69, 9.17) is 128 Å². The second-order valence-corrected chi connectivity index (χ2v) is 30.2. The highest BCUT2D eigenvalue weighted by Gasteiger charge is 2.46. The Labute approximate surface area is 713 Å². The molecule has 4 heterocycles. The topological polar surface area (TPSA) is 381 Å². The second kappa shape index (κ2) is 64.5. The molecule has 4 aromatic rings. The van der Waals surface area contributed by atoms with Crippen molar-refractivity contribution in [3.63, 3.8) is 0 Å². The van der Waals surface area contributed by atoms with Crippen molar-refractivity contribution in [3.8, 4) is 11.4 Å². The van der Waals surface area contributed by atoms with Gasteiger partial charge in [0.25, 0.3) is 11.5 Å². The number of amides is 1. The van der Waals surface area contributed by atoms with E-state index in [1.807, 2.05) is 6.92 Å². The average molecular weight is 1760 g/mol. The summed E-state index contributed by atoms with van der Waals surface area (Å²) in [5.74, 6) is 0.618. The molecule has 3 aliphatic rings. The van der Waals surface area contributed by atoms with Crippen LogP contribution in [-0.2, 0) is 153 Å². The van der Waals surface area contributed by atoms with Gasteiger partial charge in [-0.15, -0.1) is 11.8 Å². The molecule has 38 heteroatoms. The number of benzene rings is 2. The lowest BCUT2D eigenvalue weighted by Crippen LogP contribution is -2.44. The van der Waals surface area contributed by atoms with Gasteiger partial charge < -0.3 is 143 Å². The molecule has 0 radical (unpaired) electrons. The number of aliphatic hydroxyl groups is 2. The summed E-state index contributed by atoms with van der Waals surface area (Å²) in [6, 6.07) is 8.96. The van der Waals surface area contributed by atoms with Gasteiger partial charge in [0.2, 0.25) is 0 Å². The molecule has 0 spiro atoms. The third kappa shape index (κ3) is 40.1. The van der Waals surface area contributed by atoms with E-state index in [0.29, 0.717) is 343 Å². The monoisotopic (exact) mass is 1760 g/mol. The lowest BCUT2D eigenvalue weighted by atomic mass is 9.81. The van der Waals surface area contributed by atoms with Gasteiger partial charge >= 0.3 is 13.5 Å². The van der Waals surface area contributed by atoms with Crippen LogP contribution in [0.25, 0.3) is 22.3 Å². The number of thioether (sulfide) groups is 1. The van der Waals surface area contributed by atoms with Gasteiger partial charge in [0.15, 0.2) is 5.60 Å². The molecule has 0 saturated heterocycles. The number of hydrogen-bond acceptors (Lipinski definition) is 33. The molecule has 1 unspecified atom stereocenters. The molecule has 686 valence electrons. The average Bonchev–Trinajstić information content (AvgIpc) is 1.61. The van der Waals surface area contributed by atoms with Crippen molar-refractivity contribution < 1.29 is 147 Å². The van der Waals surface area contributed by atoms with Crippen molar-refractivity contribution in [2.45, 2.75) is 64.8 Å². The largest absolute Gasteiger partial charge is 0.458 e. The number of esters is 1. The minimum absolute atomic E-state index is 0.0118. The number of anilines is 1. The maximum absolute atomic E-state index is 15.5. The van der Waals surface area contributed by atoms with Crippen molar-refractivity contribution in [3.05, 3.63) is 103 Å². The lowest BCUT2D eigenvalue weighted by molar-refractivity contribution is -0.172. The van der Waals surface area contributed by atoms with Gasteiger partial charge in [-0.1, -0.05) is 13.8 Å². The Morgan fingerprint density at radius 2 is 0.884 bits per heavy atom. The number of pyridine rings is 2. The van der Waals surface area contributed by atoms with Gasteiger partial charge in [-0.05, 0) is 84.4 Å². The van der Waals surface area contributed by atoms with E-state index in [1.165, 1.54) is 28.2 Å². The van der Waals surface area contributed by atoms with Crippen molar-refractivity contribution in [2.24, 2.45) is 0 Å². The van der Waals surface area contributed by atoms with Crippen LogP contribution in [0.4, 0.5) is 10.1 Å². The van der Waals surface area contributed by atoms with Crippen molar-refractivity contribution in [1.82, 2.24) is 14.9 Å². The molecule has 0 fully saturated rings. The molecule has 0 bridgehead atoms. The molecule has 1 amide bonds. The second-order valence-electron chi connectivity index (χ2n) is 27.0. The number of nitrogens with one attached hydrogen (secondary N) is 2. The standard InChI is InChI=1S/C83H130FN4O31PS/c1-4-83(93)72-62-76-79-70(64-88(76)81(91)71(72)65-118-82(83)92)78-74(11-10-69-66(3)73(84)63-75(85-79)77(69)78)86-80(90)67-6-8-68(9-7-67)87-120(94,60-61-121-5-2)119-59-58-117-57-56-116-55-54-115-53-52-114-51-50-113-49-48-112-47-46-111-45-44-110-43-42-109-41-40-108-39-38-107-37-36-106-35-34-105-33-32-104-31-30-103-29-28-102-27-26-101-25-24-100-23-22-99-21-20-98-19-18-97-17-16-96-15-14-95-13-12-89/h6-9,60-63,74,89,93H,4-5,10-59,64-65H2,1-3H3,(H,86,90)(H,87,94)/b61-60-/t74-,83-,120?/m0/s1. The normalized spacial score (nSPS) is 15.4. The Morgan fingerprint density at radius 1 is 0.529 bits per heavy atom. The molecule has 3 atom stereocenters. The minimum Gasteiger partial charge on any atom is -0.458 e. The number of rotatable bonds is 80. The van der Waals surface area contributed by atoms with E-state index in [-0.39, 0.29) is 63.0 Å². The first kappa shape index (κ1) is 103. The third-order valence-corrected chi connectivity index (χ3v) is 21.1. The van der Waals surface area contributed by atoms with E-state index in [9.17, 15) is 24.1 Å². The SMILES string of the molecule is CCS/C=C\P(=O)(Nc1ccc(C(=O)N[C@H]2CCc3c(C)c(F)cc4nc5c(c2c34)Cn2c-5cc3c(c2=O)COC(=O)[C@]3(O)CC)cc1)OCCOCCOCCOCCOCCOCCOCCOCCOCCOCCOCCOCCOCCOCCOCCOCCOCCOCCOCCOCCOCCOCCOCCOCCO. The first-order valence-corrected chi connectivity index (χ1v) is 44.6. The van der Waals surface area contributed by atoms with Gasteiger partial charge in [0, 0.05) is 39.6 Å². The quantitative estimate of drug-likeness (QED) is 0.0192. The summed E-state index contributed by atoms with van der Waals surface area (Å²) < 4.78 is 169. The van der Waals surface area contributed by atoms with E-state index < -0.39 is 36.5 Å². The van der Waals surface area contributed by atoms with Crippen LogP contribution in [0.3, 0.4) is 0 Å². The highest BCUT2D eigenvalue weighted by Crippen LogP contribution is 2.49. The number of nitrogens with zero attached hydrogens (tertiary/aromatic N) is 2. The van der Waals surface area contributed by atoms with Crippen molar-refractivity contribution in [2.75, 3.05) is 328 Å². The number of aryl methyl sites for hydroxylation is 1. The fraction of sp³-hybridized carbons (Fsp3) is 0.711. The number of halogens is 1. The smallest absolute Gasteiger partial charge is 0.343 e. The van der Waals surface area contributed by atoms with Gasteiger partial charge in [-0.3, -0.25) is 14.2 Å². The molecular formula is C83H130FN4O31PS. The zero-order valence-corrected chi connectivity index (χ0v) is 72.5. The fourth-order valence-electron chi connectivity index (χ4n) is 12.4. The maximum atomic E-state index is 15.5. The number of cyclic esters (lactones) is 1. The van der Waals surface area contributed by atoms with Crippen LogP contribution in [0.5, 0.6) is 0 Å². The van der Waals surface area contributed by atoms with Gasteiger partial charge in [0.1, 0.15) is 12.4 Å². The Bertz CT molecular complexity index is 3600. The Morgan fingerprint density at radius 3 is 1.23 bits per heavy atom. The third-order valence-electron chi connectivity index (χ3n) is 18.6. The van der Waals surface area contributed by atoms with E-state index in [1.54, 1.807) is 49.6 Å². The maximum Gasteiger partial charge on any atom is 0.343 e. The van der Waals surface area contributed by atoms with E-state index >= 15 is 4.39 Å². The molecule has 2 aromatic heterocycles. The highest BCUT2D eigenvalue weighted by molar-refractivity contribution is 8.02. The van der Waals surface area contributed by atoms with Gasteiger partial charge in [-0.2, -0.15) is 0 Å². The number of hydrogen-bond donors (Lipinski definition) is 4. The summed E-state index contributed by atoms with van der Waals surface area (Å²) in [6.45, 7) is 25.5. The summed E-state index contributed by atoms with van der Waals surface area (Å²) in [7, 11) is -3.59. The van der Waals surface area contributed by atoms with E-state index in [2.05, 4.69) is 10.4 Å². The van der Waals surface area contributed by atoms with Gasteiger partial charge in [0.05, 0.1) is 352 Å². The Balaban J connectivity index is 0.556. The predicted molar refractivity (Wildman–Crippen MR) is 445 cm³/mol. The number of aromatic nitrogens is 2. The molecule has 35 nitrogen and oxygen atoms in total. The molecule has 0 saturated carbocycles. The lowest BCUT2D eigenvalue weighted by Gasteiger charge is -2.31. The van der Waals surface area contributed by atoms with Crippen LogP contribution in [0.2, 0.25) is 0 Å². The predicted octanol–water partition coefficient (Wildman–Crippen LogP) is 6.16. The Hall–Kier alpha value is -5.25. The Kier molecular flexibility index (Phi) is 54.8. The number of fused-ring (bicyclic) bond motifs is 5. The fourth-order valence-corrected chi connectivity index (χ4v) is 14.6. The zero-order chi connectivity index (χ0) is 85.7. The van der Waals surface area contributed by atoms with Crippen molar-refractivity contribution in [1.29, 1.82) is 0 Å². The van der Waals surface area contributed by atoms with Crippen LogP contribution in [-0.4, -0.2) is 355 Å². The number of ether oxygens (including phenoxy) is 24. The van der Waals surface area contributed by atoms with Crippen LogP contribution in [0, 0.1) is 12.7 Å². The summed E-state index contributed by atoms with van der Waals surface area (Å²) in [4.78, 5) is 46.0. The summed E-state index contributed by atoms with van der Waals surface area (Å²) in [5, 5.41) is 28.7. The molecule has 1 aliphatic carbocycles. The van der Waals surface area contributed by atoms with Crippen LogP contribution in [0.15, 0.2) is 52.4 Å². The molecule has 7 rings (SSSR count). The van der Waals surface area contributed by atoms with Crippen molar-refractivity contribution >= 4 is 47.7 Å². The van der Waals surface area contributed by atoms with Crippen LogP contribution < -0.4 is 16.0 Å². The summed E-state index contributed by atoms with van der Waals surface area (Å²) in [6.07, 6.45) is 0.879. The highest BCUT2D eigenvalue weighted by atomic mass is 32.2. The van der Waals surface area contributed by atoms with Gasteiger partial charge in [-0.25, -0.2) is 14.2 Å². The first-order chi connectivity index (χ1) is 59.4. The van der Waals surface area contributed by atoms with E-state index in [0.717, 1.165) is 22.3 Å². The summed E-state index contributed by atoms with van der Waals surface area (Å²) in [5.41, 5.74) is 2.51. The first-order valence-electron chi connectivity index (χ1n) is 41.9. The number of carbonyl (C=O) groups is 2. The number of carbonyl (C=O) groups excluding carboxylic acids is 2. The molecule has 2 aromatic carbocycles.